The largest absolute Gasteiger partial charge is 0.497 e. The Bertz CT molecular complexity index is 1480. The summed E-state index contributed by atoms with van der Waals surface area (Å²) in [6.07, 6.45) is 1.69. The molecule has 0 spiro atoms. The second-order valence-electron chi connectivity index (χ2n) is 9.83. The van der Waals surface area contributed by atoms with E-state index in [-0.39, 0.29) is 28.8 Å². The summed E-state index contributed by atoms with van der Waals surface area (Å²) in [6.45, 7) is 5.38. The summed E-state index contributed by atoms with van der Waals surface area (Å²) in [6, 6.07) is 17.1. The number of sulfonamides is 1. The monoisotopic (exact) mass is 615 g/mol. The third-order valence-electron chi connectivity index (χ3n) is 6.78. The van der Waals surface area contributed by atoms with E-state index in [1.165, 1.54) is 37.3 Å². The van der Waals surface area contributed by atoms with Gasteiger partial charge in [-0.1, -0.05) is 54.8 Å². The minimum atomic E-state index is -4.27. The van der Waals surface area contributed by atoms with Crippen molar-refractivity contribution in [1.29, 1.82) is 0 Å². The molecule has 42 heavy (non-hydrogen) atoms. The van der Waals surface area contributed by atoms with E-state index >= 15 is 0 Å². The Hall–Kier alpha value is -3.76. The maximum Gasteiger partial charge on any atom is 0.264 e. The Morgan fingerprint density at radius 3 is 2.33 bits per heavy atom. The number of carbonyl (C=O) groups is 2. The highest BCUT2D eigenvalue weighted by atomic mass is 35.5. The fraction of sp³-hybridized carbons (Fsp3) is 0.355. The third-order valence-corrected chi connectivity index (χ3v) is 8.79. The predicted octanol–water partition coefficient (Wildman–Crippen LogP) is 5.19. The zero-order valence-corrected chi connectivity index (χ0v) is 26.2. The second-order valence-corrected chi connectivity index (χ2v) is 12.1. The predicted molar refractivity (Wildman–Crippen MR) is 165 cm³/mol. The number of hydrogen-bond acceptors (Lipinski definition) is 6. The number of hydrogen-bond donors (Lipinski definition) is 1. The van der Waals surface area contributed by atoms with Crippen LogP contribution >= 0.6 is 11.6 Å². The lowest BCUT2D eigenvalue weighted by molar-refractivity contribution is -0.139. The van der Waals surface area contributed by atoms with Crippen LogP contribution in [0.2, 0.25) is 5.02 Å². The van der Waals surface area contributed by atoms with Gasteiger partial charge in [0.25, 0.3) is 10.0 Å². The molecule has 3 aromatic carbocycles. The number of rotatable bonds is 14. The molecule has 0 aliphatic rings. The van der Waals surface area contributed by atoms with Crippen molar-refractivity contribution in [3.8, 4) is 11.5 Å². The Kier molecular flexibility index (Phi) is 11.6. The van der Waals surface area contributed by atoms with Gasteiger partial charge < -0.3 is 19.7 Å². The molecule has 0 fully saturated rings. The minimum Gasteiger partial charge on any atom is -0.497 e. The zero-order valence-electron chi connectivity index (χ0n) is 24.6. The van der Waals surface area contributed by atoms with Crippen molar-refractivity contribution in [2.24, 2.45) is 0 Å². The molecule has 226 valence electrons. The van der Waals surface area contributed by atoms with Gasteiger partial charge in [-0.25, -0.2) is 8.42 Å². The summed E-state index contributed by atoms with van der Waals surface area (Å²) in [7, 11) is -1.40. The number of ether oxygens (including phenoxy) is 2. The van der Waals surface area contributed by atoms with Crippen LogP contribution in [-0.4, -0.2) is 58.5 Å². The highest BCUT2D eigenvalue weighted by Gasteiger charge is 2.34. The highest BCUT2D eigenvalue weighted by Crippen LogP contribution is 2.36. The van der Waals surface area contributed by atoms with Gasteiger partial charge in [-0.15, -0.1) is 0 Å². The number of nitrogens with one attached hydrogen (secondary N) is 1. The van der Waals surface area contributed by atoms with Crippen molar-refractivity contribution >= 4 is 39.1 Å². The molecule has 0 aliphatic heterocycles. The minimum absolute atomic E-state index is 0.00230. The van der Waals surface area contributed by atoms with E-state index in [0.717, 1.165) is 22.7 Å². The number of aryl methyl sites for hydroxylation is 1. The van der Waals surface area contributed by atoms with Crippen LogP contribution in [0.4, 0.5) is 5.69 Å². The number of benzene rings is 3. The third kappa shape index (κ3) is 8.17. The van der Waals surface area contributed by atoms with Crippen molar-refractivity contribution in [2.45, 2.75) is 51.1 Å². The number of unbranched alkanes of at least 4 members (excludes halogenated alkanes) is 1. The molecular weight excluding hydrogens is 578 g/mol. The molecule has 1 unspecified atom stereocenters. The van der Waals surface area contributed by atoms with E-state index in [1.54, 1.807) is 55.5 Å². The summed E-state index contributed by atoms with van der Waals surface area (Å²) < 4.78 is 40.1. The van der Waals surface area contributed by atoms with Crippen LogP contribution in [0.5, 0.6) is 11.5 Å². The molecule has 1 N–H and O–H groups in total. The van der Waals surface area contributed by atoms with E-state index in [2.05, 4.69) is 5.32 Å². The van der Waals surface area contributed by atoms with Gasteiger partial charge in [-0.3, -0.25) is 13.9 Å². The van der Waals surface area contributed by atoms with Crippen molar-refractivity contribution in [1.82, 2.24) is 10.2 Å². The van der Waals surface area contributed by atoms with Crippen LogP contribution < -0.4 is 19.1 Å². The van der Waals surface area contributed by atoms with Gasteiger partial charge in [0.05, 0.1) is 24.8 Å². The lowest BCUT2D eigenvalue weighted by Crippen LogP contribution is -2.51. The van der Waals surface area contributed by atoms with E-state index in [4.69, 9.17) is 21.1 Å². The number of amides is 2. The molecule has 0 aliphatic carbocycles. The highest BCUT2D eigenvalue weighted by molar-refractivity contribution is 7.92. The van der Waals surface area contributed by atoms with Gasteiger partial charge in [0.1, 0.15) is 24.1 Å². The molecule has 0 saturated carbocycles. The van der Waals surface area contributed by atoms with Gasteiger partial charge >= 0.3 is 0 Å². The SMILES string of the molecule is CCCCNC(=O)C(C)N(Cc1cccc(Cl)c1)C(=O)CN(c1cc(OC)ccc1OC)S(=O)(=O)c1ccc(C)cc1. The number of carbonyl (C=O) groups excluding carboxylic acids is 2. The van der Waals surface area contributed by atoms with E-state index in [1.807, 2.05) is 13.8 Å². The first-order valence-electron chi connectivity index (χ1n) is 13.6. The van der Waals surface area contributed by atoms with E-state index in [9.17, 15) is 18.0 Å². The van der Waals surface area contributed by atoms with Gasteiger partial charge in [0.15, 0.2) is 0 Å². The Labute approximate surface area is 253 Å². The quantitative estimate of drug-likeness (QED) is 0.250. The van der Waals surface area contributed by atoms with Crippen LogP contribution in [0.15, 0.2) is 71.6 Å². The molecule has 0 heterocycles. The molecular formula is C31H38ClN3O6S. The molecule has 3 rings (SSSR count). The normalized spacial score (nSPS) is 11.9. The van der Waals surface area contributed by atoms with Crippen molar-refractivity contribution in [2.75, 3.05) is 31.6 Å². The molecule has 0 bridgehead atoms. The van der Waals surface area contributed by atoms with Crippen molar-refractivity contribution in [3.05, 3.63) is 82.9 Å². The molecule has 0 saturated heterocycles. The first-order valence-corrected chi connectivity index (χ1v) is 15.5. The number of nitrogens with zero attached hydrogens (tertiary/aromatic N) is 2. The molecule has 0 radical (unpaired) electrons. The topological polar surface area (TPSA) is 105 Å². The fourth-order valence-corrected chi connectivity index (χ4v) is 5.92. The van der Waals surface area contributed by atoms with Crippen LogP contribution in [-0.2, 0) is 26.2 Å². The maximum atomic E-state index is 14.1. The van der Waals surface area contributed by atoms with Gasteiger partial charge in [-0.2, -0.15) is 0 Å². The Morgan fingerprint density at radius 1 is 1.00 bits per heavy atom. The second kappa shape index (κ2) is 14.9. The first-order chi connectivity index (χ1) is 20.0. The van der Waals surface area contributed by atoms with Crippen LogP contribution in [0, 0.1) is 6.92 Å². The molecule has 3 aromatic rings. The standard InChI is InChI=1S/C31H38ClN3O6S/c1-6-7-17-33-31(37)23(3)34(20-24-9-8-10-25(32)18-24)30(36)21-35(28-19-26(40-4)13-16-29(28)41-5)42(38,39)27-14-11-22(2)12-15-27/h8-16,18-19,23H,6-7,17,20-21H2,1-5H3,(H,33,37). The molecule has 9 nitrogen and oxygen atoms in total. The average Bonchev–Trinajstić information content (AvgIpc) is 2.98. The fourth-order valence-electron chi connectivity index (χ4n) is 4.29. The summed E-state index contributed by atoms with van der Waals surface area (Å²) in [5.74, 6) is -0.327. The lowest BCUT2D eigenvalue weighted by Gasteiger charge is -2.32. The molecule has 1 atom stereocenters. The van der Waals surface area contributed by atoms with Gasteiger partial charge in [0, 0.05) is 24.2 Å². The average molecular weight is 616 g/mol. The number of methoxy groups -OCH3 is 2. The first kappa shape index (κ1) is 32.8. The Morgan fingerprint density at radius 2 is 1.71 bits per heavy atom. The van der Waals surface area contributed by atoms with Crippen LogP contribution in [0.25, 0.3) is 0 Å². The molecule has 2 amide bonds. The zero-order chi connectivity index (χ0) is 30.9. The molecule has 11 heteroatoms. The van der Waals surface area contributed by atoms with Crippen LogP contribution in [0.3, 0.4) is 0 Å². The van der Waals surface area contributed by atoms with Gasteiger partial charge in [0.2, 0.25) is 11.8 Å². The summed E-state index contributed by atoms with van der Waals surface area (Å²) in [5.41, 5.74) is 1.69. The van der Waals surface area contributed by atoms with Gasteiger partial charge in [-0.05, 0) is 62.2 Å². The van der Waals surface area contributed by atoms with E-state index < -0.39 is 28.5 Å². The van der Waals surface area contributed by atoms with Crippen molar-refractivity contribution in [3.63, 3.8) is 0 Å². The summed E-state index contributed by atoms with van der Waals surface area (Å²) in [4.78, 5) is 28.6. The van der Waals surface area contributed by atoms with Crippen LogP contribution in [0.1, 0.15) is 37.8 Å². The Balaban J connectivity index is 2.09. The summed E-state index contributed by atoms with van der Waals surface area (Å²) in [5, 5.41) is 3.34. The number of anilines is 1. The summed E-state index contributed by atoms with van der Waals surface area (Å²) >= 11 is 6.20. The molecule has 0 aromatic heterocycles. The van der Waals surface area contributed by atoms with Crippen molar-refractivity contribution < 1.29 is 27.5 Å². The number of halogens is 1. The maximum absolute atomic E-state index is 14.1. The smallest absolute Gasteiger partial charge is 0.264 e. The lowest BCUT2D eigenvalue weighted by atomic mass is 10.1. The van der Waals surface area contributed by atoms with E-state index in [0.29, 0.717) is 22.9 Å².